The van der Waals surface area contributed by atoms with Crippen molar-refractivity contribution < 1.29 is 4.79 Å². The van der Waals surface area contributed by atoms with E-state index < -0.39 is 0 Å². The molecule has 22 heavy (non-hydrogen) atoms. The van der Waals surface area contributed by atoms with Crippen LogP contribution in [0.3, 0.4) is 0 Å². The number of carbonyl (C=O) groups is 1. The minimum atomic E-state index is -0.0246. The predicted octanol–water partition coefficient (Wildman–Crippen LogP) is 3.20. The SMILES string of the molecule is Cn1c(=S)[nH]c2cccc(NC(=O)CCc3cccnc3)c21. The zero-order valence-corrected chi connectivity index (χ0v) is 13.0. The molecule has 0 saturated carbocycles. The lowest BCUT2D eigenvalue weighted by Crippen LogP contribution is -2.13. The fourth-order valence-corrected chi connectivity index (χ4v) is 2.63. The number of hydrogen-bond acceptors (Lipinski definition) is 3. The van der Waals surface area contributed by atoms with Gasteiger partial charge in [-0.1, -0.05) is 12.1 Å². The molecule has 0 aliphatic carbocycles. The normalized spacial score (nSPS) is 10.8. The minimum Gasteiger partial charge on any atom is -0.331 e. The van der Waals surface area contributed by atoms with Crippen LogP contribution in [0.2, 0.25) is 0 Å². The topological polar surface area (TPSA) is 62.7 Å². The van der Waals surface area contributed by atoms with Crippen LogP contribution >= 0.6 is 12.2 Å². The quantitative estimate of drug-likeness (QED) is 0.727. The number of nitrogens with zero attached hydrogens (tertiary/aromatic N) is 2. The molecule has 1 aromatic carbocycles. The first-order valence-electron chi connectivity index (χ1n) is 7.01. The van der Waals surface area contributed by atoms with Gasteiger partial charge in [0.15, 0.2) is 4.77 Å². The van der Waals surface area contributed by atoms with Gasteiger partial charge < -0.3 is 14.9 Å². The number of H-pyrrole nitrogens is 1. The van der Waals surface area contributed by atoms with Crippen molar-refractivity contribution in [1.29, 1.82) is 0 Å². The number of aryl methyl sites for hydroxylation is 2. The van der Waals surface area contributed by atoms with E-state index in [1.54, 1.807) is 12.4 Å². The highest BCUT2D eigenvalue weighted by Gasteiger charge is 2.09. The largest absolute Gasteiger partial charge is 0.331 e. The van der Waals surface area contributed by atoms with Gasteiger partial charge in [-0.15, -0.1) is 0 Å². The molecule has 0 saturated heterocycles. The van der Waals surface area contributed by atoms with Gasteiger partial charge in [0.05, 0.1) is 16.7 Å². The summed E-state index contributed by atoms with van der Waals surface area (Å²) < 4.78 is 2.49. The first kappa shape index (κ1) is 14.5. The fraction of sp³-hybridized carbons (Fsp3) is 0.188. The van der Waals surface area contributed by atoms with Crippen molar-refractivity contribution >= 4 is 34.8 Å². The van der Waals surface area contributed by atoms with Gasteiger partial charge in [-0.2, -0.15) is 0 Å². The van der Waals surface area contributed by atoms with Gasteiger partial charge in [0.25, 0.3) is 0 Å². The van der Waals surface area contributed by atoms with Crippen molar-refractivity contribution in [1.82, 2.24) is 14.5 Å². The third-order valence-corrected chi connectivity index (χ3v) is 3.93. The van der Waals surface area contributed by atoms with E-state index in [2.05, 4.69) is 15.3 Å². The van der Waals surface area contributed by atoms with E-state index in [1.807, 2.05) is 41.9 Å². The summed E-state index contributed by atoms with van der Waals surface area (Å²) in [6, 6.07) is 9.56. The van der Waals surface area contributed by atoms with Gasteiger partial charge in [0, 0.05) is 25.9 Å². The third-order valence-electron chi connectivity index (χ3n) is 3.56. The number of aromatic nitrogens is 3. The first-order valence-corrected chi connectivity index (χ1v) is 7.42. The van der Waals surface area contributed by atoms with Crippen molar-refractivity contribution in [3.8, 4) is 0 Å². The second-order valence-corrected chi connectivity index (χ2v) is 5.49. The van der Waals surface area contributed by atoms with Crippen LogP contribution in [0.15, 0.2) is 42.7 Å². The third kappa shape index (κ3) is 2.92. The summed E-state index contributed by atoms with van der Waals surface area (Å²) in [5.74, 6) is -0.0246. The summed E-state index contributed by atoms with van der Waals surface area (Å²) >= 11 is 5.23. The number of benzene rings is 1. The second kappa shape index (κ2) is 6.11. The van der Waals surface area contributed by atoms with Crippen molar-refractivity contribution in [2.45, 2.75) is 12.8 Å². The average molecular weight is 312 g/mol. The zero-order valence-electron chi connectivity index (χ0n) is 12.2. The number of carbonyl (C=O) groups excluding carboxylic acids is 1. The lowest BCUT2D eigenvalue weighted by molar-refractivity contribution is -0.116. The number of nitrogens with one attached hydrogen (secondary N) is 2. The number of para-hydroxylation sites is 1. The van der Waals surface area contributed by atoms with Crippen LogP contribution in [0, 0.1) is 4.77 Å². The molecule has 2 N–H and O–H groups in total. The number of hydrogen-bond donors (Lipinski definition) is 2. The van der Waals surface area contributed by atoms with E-state index in [-0.39, 0.29) is 5.91 Å². The number of anilines is 1. The Hall–Kier alpha value is -2.47. The summed E-state index contributed by atoms with van der Waals surface area (Å²) in [7, 11) is 1.88. The van der Waals surface area contributed by atoms with Crippen molar-refractivity contribution in [2.75, 3.05) is 5.32 Å². The zero-order chi connectivity index (χ0) is 15.5. The Morgan fingerprint density at radius 2 is 2.23 bits per heavy atom. The molecule has 0 aliphatic heterocycles. The van der Waals surface area contributed by atoms with Gasteiger partial charge in [0.1, 0.15) is 0 Å². The van der Waals surface area contributed by atoms with Crippen molar-refractivity contribution in [3.05, 3.63) is 53.1 Å². The number of imidazole rings is 1. The minimum absolute atomic E-state index is 0.0246. The predicted molar refractivity (Wildman–Crippen MR) is 89.3 cm³/mol. The van der Waals surface area contributed by atoms with Gasteiger partial charge >= 0.3 is 0 Å². The molecule has 112 valence electrons. The Labute approximate surface area is 133 Å². The Bertz CT molecular complexity index is 867. The Morgan fingerprint density at radius 3 is 3.00 bits per heavy atom. The highest BCUT2D eigenvalue weighted by molar-refractivity contribution is 7.71. The van der Waals surface area contributed by atoms with E-state index in [0.717, 1.165) is 22.3 Å². The molecule has 3 rings (SSSR count). The lowest BCUT2D eigenvalue weighted by Gasteiger charge is -2.08. The summed E-state index contributed by atoms with van der Waals surface area (Å²) in [6.45, 7) is 0. The molecule has 5 nitrogen and oxygen atoms in total. The van der Waals surface area contributed by atoms with Gasteiger partial charge in [-0.3, -0.25) is 9.78 Å². The summed E-state index contributed by atoms with van der Waals surface area (Å²) in [6.07, 6.45) is 4.59. The summed E-state index contributed by atoms with van der Waals surface area (Å²) in [4.78, 5) is 19.3. The first-order chi connectivity index (χ1) is 10.6. The summed E-state index contributed by atoms with van der Waals surface area (Å²) in [5, 5.41) is 2.96. The van der Waals surface area contributed by atoms with Crippen molar-refractivity contribution in [2.24, 2.45) is 7.05 Å². The molecule has 1 amide bonds. The lowest BCUT2D eigenvalue weighted by atomic mass is 10.1. The maximum Gasteiger partial charge on any atom is 0.224 e. The number of fused-ring (bicyclic) bond motifs is 1. The number of aromatic amines is 1. The molecule has 0 atom stereocenters. The molecular formula is C16H16N4OS. The number of pyridine rings is 1. The van der Waals surface area contributed by atoms with E-state index in [1.165, 1.54) is 0 Å². The van der Waals surface area contributed by atoms with Crippen molar-refractivity contribution in [3.63, 3.8) is 0 Å². The molecule has 0 unspecified atom stereocenters. The molecule has 0 fully saturated rings. The molecule has 3 aromatic rings. The monoisotopic (exact) mass is 312 g/mol. The van der Waals surface area contributed by atoms with Crippen LogP contribution in [-0.4, -0.2) is 20.4 Å². The van der Waals surface area contributed by atoms with Crippen LogP contribution < -0.4 is 5.32 Å². The van der Waals surface area contributed by atoms with Crippen LogP contribution in [0.1, 0.15) is 12.0 Å². The molecule has 0 spiro atoms. The van der Waals surface area contributed by atoms with Gasteiger partial charge in [-0.25, -0.2) is 0 Å². The van der Waals surface area contributed by atoms with Gasteiger partial charge in [-0.05, 0) is 42.4 Å². The van der Waals surface area contributed by atoms with Crippen LogP contribution in [0.4, 0.5) is 5.69 Å². The fourth-order valence-electron chi connectivity index (χ4n) is 2.42. The molecule has 0 aliphatic rings. The Kier molecular flexibility index (Phi) is 4.02. The van der Waals surface area contributed by atoms with Crippen LogP contribution in [-0.2, 0) is 18.3 Å². The molecule has 2 heterocycles. The van der Waals surface area contributed by atoms with E-state index in [4.69, 9.17) is 12.2 Å². The van der Waals surface area contributed by atoms with E-state index in [0.29, 0.717) is 17.6 Å². The molecule has 0 radical (unpaired) electrons. The highest BCUT2D eigenvalue weighted by atomic mass is 32.1. The van der Waals surface area contributed by atoms with E-state index in [9.17, 15) is 4.79 Å². The number of rotatable bonds is 4. The Morgan fingerprint density at radius 1 is 1.36 bits per heavy atom. The molecular weight excluding hydrogens is 296 g/mol. The number of amides is 1. The molecule has 0 bridgehead atoms. The standard InChI is InChI=1S/C16H16N4OS/c1-20-15-12(5-2-6-13(15)19-16(20)22)18-14(21)8-7-11-4-3-9-17-10-11/h2-6,9-10H,7-8H2,1H3,(H,18,21)(H,19,22). The van der Waals surface area contributed by atoms with Crippen LogP contribution in [0.25, 0.3) is 11.0 Å². The van der Waals surface area contributed by atoms with Crippen LogP contribution in [0.5, 0.6) is 0 Å². The molecule has 2 aromatic heterocycles. The second-order valence-electron chi connectivity index (χ2n) is 5.10. The van der Waals surface area contributed by atoms with Gasteiger partial charge in [0.2, 0.25) is 5.91 Å². The van der Waals surface area contributed by atoms with E-state index >= 15 is 0 Å². The molecule has 6 heteroatoms. The summed E-state index contributed by atoms with van der Waals surface area (Å²) in [5.41, 5.74) is 3.64. The maximum atomic E-state index is 12.2. The smallest absolute Gasteiger partial charge is 0.224 e. The maximum absolute atomic E-state index is 12.2. The Balaban J connectivity index is 1.76. The highest BCUT2D eigenvalue weighted by Crippen LogP contribution is 2.22. The average Bonchev–Trinajstić information content (AvgIpc) is 2.82.